The molecule has 5 rings (SSSR count). The second-order valence-corrected chi connectivity index (χ2v) is 12.8. The van der Waals surface area contributed by atoms with E-state index in [1.54, 1.807) is 18.3 Å². The van der Waals surface area contributed by atoms with Gasteiger partial charge >= 0.3 is 0 Å². The standard InChI is InChI=1S/C29H28N6O6S2/c1-2-22-9-3-4-16-33(22)43(40,41)28-18-23(34(36)37)12-13-24(28)32-31-19-20-11-14-26(25(17-20)35(38)39)42-27-10-5-7-21-8-6-15-30-29(21)27/h5-8,10-15,17-19,22,32H,2-4,9,16H2,1H3/b31-19-/t22-/m0/s1. The average Bonchev–Trinajstić information content (AvgIpc) is 3.01. The van der Waals surface area contributed by atoms with E-state index in [0.29, 0.717) is 29.8 Å². The third-order valence-corrected chi connectivity index (χ3v) is 10.3. The Morgan fingerprint density at radius 3 is 2.63 bits per heavy atom. The first kappa shape index (κ1) is 30.1. The quantitative estimate of drug-likeness (QED) is 0.117. The highest BCUT2D eigenvalue weighted by molar-refractivity contribution is 7.99. The maximum atomic E-state index is 13.7. The van der Waals surface area contributed by atoms with Gasteiger partial charge < -0.3 is 0 Å². The maximum Gasteiger partial charge on any atom is 0.283 e. The molecular formula is C29H28N6O6S2. The molecular weight excluding hydrogens is 592 g/mol. The van der Waals surface area contributed by atoms with Crippen molar-refractivity contribution in [1.29, 1.82) is 0 Å². The van der Waals surface area contributed by atoms with E-state index in [-0.39, 0.29) is 28.0 Å². The summed E-state index contributed by atoms with van der Waals surface area (Å²) in [6, 6.07) is 17.4. The Kier molecular flexibility index (Phi) is 8.99. The van der Waals surface area contributed by atoms with E-state index in [1.165, 1.54) is 40.5 Å². The van der Waals surface area contributed by atoms with Gasteiger partial charge in [-0.15, -0.1) is 0 Å². The van der Waals surface area contributed by atoms with Crippen LogP contribution < -0.4 is 5.43 Å². The van der Waals surface area contributed by atoms with Gasteiger partial charge in [0.05, 0.1) is 32.2 Å². The van der Waals surface area contributed by atoms with E-state index >= 15 is 0 Å². The van der Waals surface area contributed by atoms with Gasteiger partial charge in [0, 0.05) is 52.8 Å². The molecule has 0 radical (unpaired) electrons. The molecule has 1 atom stereocenters. The maximum absolute atomic E-state index is 13.7. The van der Waals surface area contributed by atoms with Crippen LogP contribution in [0.25, 0.3) is 10.9 Å². The van der Waals surface area contributed by atoms with Crippen molar-refractivity contribution in [3.8, 4) is 0 Å². The van der Waals surface area contributed by atoms with Crippen LogP contribution >= 0.6 is 11.8 Å². The lowest BCUT2D eigenvalue weighted by Crippen LogP contribution is -2.43. The second-order valence-electron chi connectivity index (χ2n) is 9.90. The summed E-state index contributed by atoms with van der Waals surface area (Å²) in [5, 5.41) is 28.5. The average molecular weight is 621 g/mol. The van der Waals surface area contributed by atoms with Crippen molar-refractivity contribution in [2.45, 2.75) is 53.3 Å². The number of rotatable bonds is 10. The number of hydrogen-bond acceptors (Lipinski definition) is 10. The molecule has 1 saturated heterocycles. The number of nitrogens with one attached hydrogen (secondary N) is 1. The third-order valence-electron chi connectivity index (χ3n) is 7.20. The SMILES string of the molecule is CC[C@H]1CCCCN1S(=O)(=O)c1cc([N+](=O)[O-])ccc1N/N=C\c1ccc(Sc2cccc3cccnc23)c([N+](=O)[O-])c1. The molecule has 4 aromatic rings. The third kappa shape index (κ3) is 6.50. The molecule has 0 amide bonds. The minimum atomic E-state index is -4.08. The molecule has 0 bridgehead atoms. The van der Waals surface area contributed by atoms with Gasteiger partial charge in [0.15, 0.2) is 0 Å². The number of hydrazone groups is 1. The van der Waals surface area contributed by atoms with Crippen molar-refractivity contribution < 1.29 is 18.3 Å². The van der Waals surface area contributed by atoms with Gasteiger partial charge in [0.1, 0.15) is 4.90 Å². The lowest BCUT2D eigenvalue weighted by Gasteiger charge is -2.34. The molecule has 0 spiro atoms. The van der Waals surface area contributed by atoms with E-state index in [0.717, 1.165) is 34.7 Å². The zero-order valence-electron chi connectivity index (χ0n) is 23.1. The Bertz CT molecular complexity index is 1830. The fraction of sp³-hybridized carbons (Fsp3) is 0.241. The van der Waals surface area contributed by atoms with Gasteiger partial charge in [-0.2, -0.15) is 9.41 Å². The van der Waals surface area contributed by atoms with E-state index in [4.69, 9.17) is 0 Å². The Morgan fingerprint density at radius 1 is 1.05 bits per heavy atom. The molecule has 1 aliphatic heterocycles. The first-order valence-corrected chi connectivity index (χ1v) is 15.8. The predicted octanol–water partition coefficient (Wildman–Crippen LogP) is 6.60. The van der Waals surface area contributed by atoms with Gasteiger partial charge in [-0.05, 0) is 43.5 Å². The molecule has 0 saturated carbocycles. The van der Waals surface area contributed by atoms with Crippen LogP contribution in [0.4, 0.5) is 17.1 Å². The van der Waals surface area contributed by atoms with Crippen LogP contribution in [0.3, 0.4) is 0 Å². The molecule has 3 aromatic carbocycles. The lowest BCUT2D eigenvalue weighted by atomic mass is 10.0. The van der Waals surface area contributed by atoms with Crippen LogP contribution in [0.1, 0.15) is 38.2 Å². The van der Waals surface area contributed by atoms with Crippen LogP contribution in [0, 0.1) is 20.2 Å². The van der Waals surface area contributed by atoms with Gasteiger partial charge in [-0.25, -0.2) is 8.42 Å². The number of hydrogen-bond donors (Lipinski definition) is 1. The highest BCUT2D eigenvalue weighted by Crippen LogP contribution is 2.38. The van der Waals surface area contributed by atoms with E-state index < -0.39 is 19.9 Å². The summed E-state index contributed by atoms with van der Waals surface area (Å²) in [6.45, 7) is 2.24. The molecule has 12 nitrogen and oxygen atoms in total. The summed E-state index contributed by atoms with van der Waals surface area (Å²) in [5.41, 5.74) is 3.40. The molecule has 14 heteroatoms. The Balaban J connectivity index is 1.42. The number of pyridine rings is 1. The Hall–Kier alpha value is -4.40. The number of benzene rings is 3. The highest BCUT2D eigenvalue weighted by Gasteiger charge is 2.35. The summed E-state index contributed by atoms with van der Waals surface area (Å²) >= 11 is 1.23. The molecule has 0 aliphatic carbocycles. The number of nitrogens with zero attached hydrogens (tertiary/aromatic N) is 5. The van der Waals surface area contributed by atoms with Crippen molar-refractivity contribution in [3.63, 3.8) is 0 Å². The van der Waals surface area contributed by atoms with Gasteiger partial charge in [-0.3, -0.25) is 30.6 Å². The van der Waals surface area contributed by atoms with Gasteiger partial charge in [0.25, 0.3) is 11.4 Å². The summed E-state index contributed by atoms with van der Waals surface area (Å²) in [4.78, 5) is 27.7. The highest BCUT2D eigenvalue weighted by atomic mass is 32.2. The monoisotopic (exact) mass is 620 g/mol. The second kappa shape index (κ2) is 12.9. The van der Waals surface area contributed by atoms with Crippen LogP contribution in [0.5, 0.6) is 0 Å². The summed E-state index contributed by atoms with van der Waals surface area (Å²) in [5.74, 6) is 0. The summed E-state index contributed by atoms with van der Waals surface area (Å²) in [7, 11) is -4.08. The molecule has 1 aromatic heterocycles. The van der Waals surface area contributed by atoms with Crippen molar-refractivity contribution in [3.05, 3.63) is 98.7 Å². The fourth-order valence-corrected chi connectivity index (χ4v) is 8.01. The van der Waals surface area contributed by atoms with Gasteiger partial charge in [-0.1, -0.05) is 49.4 Å². The number of non-ortho nitro benzene ring substituents is 1. The van der Waals surface area contributed by atoms with Crippen molar-refractivity contribution in [1.82, 2.24) is 9.29 Å². The number of fused-ring (bicyclic) bond motifs is 1. The van der Waals surface area contributed by atoms with Crippen LogP contribution in [0.15, 0.2) is 92.7 Å². The minimum absolute atomic E-state index is 0.0624. The van der Waals surface area contributed by atoms with Crippen molar-refractivity contribution >= 4 is 56.0 Å². The molecule has 222 valence electrons. The first-order valence-electron chi connectivity index (χ1n) is 13.6. The largest absolute Gasteiger partial charge is 0.283 e. The van der Waals surface area contributed by atoms with E-state index in [1.807, 2.05) is 37.3 Å². The molecule has 0 unspecified atom stereocenters. The van der Waals surface area contributed by atoms with Crippen LogP contribution in [0.2, 0.25) is 0 Å². The van der Waals surface area contributed by atoms with Gasteiger partial charge in [0.2, 0.25) is 10.0 Å². The number of sulfonamides is 1. The summed E-state index contributed by atoms with van der Waals surface area (Å²) < 4.78 is 28.8. The number of para-hydroxylation sites is 1. The zero-order chi connectivity index (χ0) is 30.6. The molecule has 43 heavy (non-hydrogen) atoms. The Labute approximate surface area is 252 Å². The number of piperidine rings is 1. The number of nitro groups is 2. The fourth-order valence-electron chi connectivity index (χ4n) is 5.05. The predicted molar refractivity (Wildman–Crippen MR) is 165 cm³/mol. The van der Waals surface area contributed by atoms with Crippen LogP contribution in [-0.4, -0.2) is 46.4 Å². The number of aromatic nitrogens is 1. The van der Waals surface area contributed by atoms with E-state index in [2.05, 4.69) is 15.5 Å². The first-order chi connectivity index (χ1) is 20.7. The number of nitro benzene ring substituents is 2. The van der Waals surface area contributed by atoms with Crippen molar-refractivity contribution in [2.24, 2.45) is 5.10 Å². The lowest BCUT2D eigenvalue weighted by molar-refractivity contribution is -0.387. The molecule has 1 N–H and O–H groups in total. The minimum Gasteiger partial charge on any atom is -0.277 e. The Morgan fingerprint density at radius 2 is 1.86 bits per heavy atom. The normalized spacial score (nSPS) is 16.0. The smallest absolute Gasteiger partial charge is 0.277 e. The summed E-state index contributed by atoms with van der Waals surface area (Å²) in [6.07, 6.45) is 5.96. The van der Waals surface area contributed by atoms with E-state index in [9.17, 15) is 28.6 Å². The molecule has 1 aliphatic rings. The van der Waals surface area contributed by atoms with Crippen LogP contribution in [-0.2, 0) is 10.0 Å². The topological polar surface area (TPSA) is 161 Å². The zero-order valence-corrected chi connectivity index (χ0v) is 24.8. The molecule has 1 fully saturated rings. The molecule has 2 heterocycles. The van der Waals surface area contributed by atoms with Crippen molar-refractivity contribution in [2.75, 3.05) is 12.0 Å². The number of anilines is 1.